The Hall–Kier alpha value is -1.21. The minimum absolute atomic E-state index is 0.0568. The number of carbonyl (C=O) groups is 1. The third-order valence-corrected chi connectivity index (χ3v) is 6.04. The van der Waals surface area contributed by atoms with E-state index in [1.54, 1.807) is 0 Å². The maximum atomic E-state index is 12.7. The van der Waals surface area contributed by atoms with E-state index in [0.717, 1.165) is 32.6 Å². The van der Waals surface area contributed by atoms with Crippen LogP contribution in [0.1, 0.15) is 25.7 Å². The van der Waals surface area contributed by atoms with Crippen molar-refractivity contribution in [3.8, 4) is 0 Å². The van der Waals surface area contributed by atoms with Gasteiger partial charge < -0.3 is 24.4 Å². The molecule has 3 unspecified atom stereocenters. The summed E-state index contributed by atoms with van der Waals surface area (Å²) in [5.41, 5.74) is 0.115. The molecule has 0 spiro atoms. The van der Waals surface area contributed by atoms with Crippen LogP contribution in [0.2, 0.25) is 0 Å². The standard InChI is InChI=1S/C20H30N2O4/c23-19(18-13-25-16-5-1-2-6-17(16)26-18)21-14-20(7-11-24-12-8-20)15-22-9-3-4-10-22/h1-2,5-6,16-18H,3-4,7-15H2,(H,21,23). The molecular formula is C20H30N2O4. The zero-order valence-corrected chi connectivity index (χ0v) is 15.4. The van der Waals surface area contributed by atoms with E-state index in [-0.39, 0.29) is 23.5 Å². The first-order valence-electron chi connectivity index (χ1n) is 9.94. The largest absolute Gasteiger partial charge is 0.381 e. The highest BCUT2D eigenvalue weighted by Crippen LogP contribution is 2.32. The molecule has 0 aromatic carbocycles. The minimum Gasteiger partial charge on any atom is -0.381 e. The second kappa shape index (κ2) is 8.21. The van der Waals surface area contributed by atoms with Crippen molar-refractivity contribution >= 4 is 5.91 Å². The average molecular weight is 362 g/mol. The summed E-state index contributed by atoms with van der Waals surface area (Å²) in [5, 5.41) is 3.16. The SMILES string of the molecule is O=C(NCC1(CN2CCCC2)CCOCC1)C1COC2C=CC=CC2O1. The molecule has 1 amide bonds. The molecule has 3 saturated heterocycles. The molecule has 144 valence electrons. The van der Waals surface area contributed by atoms with Crippen LogP contribution in [0.15, 0.2) is 24.3 Å². The predicted molar refractivity (Wildman–Crippen MR) is 97.9 cm³/mol. The first-order chi connectivity index (χ1) is 12.7. The molecule has 3 heterocycles. The van der Waals surface area contributed by atoms with Gasteiger partial charge in [0, 0.05) is 31.7 Å². The van der Waals surface area contributed by atoms with Gasteiger partial charge >= 0.3 is 0 Å². The van der Waals surface area contributed by atoms with Crippen molar-refractivity contribution < 1.29 is 19.0 Å². The fourth-order valence-corrected chi connectivity index (χ4v) is 4.40. The van der Waals surface area contributed by atoms with Crippen molar-refractivity contribution in [2.75, 3.05) is 46.0 Å². The molecule has 6 nitrogen and oxygen atoms in total. The number of carbonyl (C=O) groups excluding carboxylic acids is 1. The van der Waals surface area contributed by atoms with Crippen molar-refractivity contribution in [3.05, 3.63) is 24.3 Å². The van der Waals surface area contributed by atoms with Crippen LogP contribution >= 0.6 is 0 Å². The van der Waals surface area contributed by atoms with Crippen molar-refractivity contribution in [1.82, 2.24) is 10.2 Å². The first-order valence-corrected chi connectivity index (χ1v) is 9.94. The van der Waals surface area contributed by atoms with Gasteiger partial charge in [-0.3, -0.25) is 4.79 Å². The number of likely N-dealkylation sites (tertiary alicyclic amines) is 1. The van der Waals surface area contributed by atoms with Crippen molar-refractivity contribution in [2.24, 2.45) is 5.41 Å². The molecule has 4 aliphatic rings. The van der Waals surface area contributed by atoms with Gasteiger partial charge in [0.1, 0.15) is 12.2 Å². The van der Waals surface area contributed by atoms with Crippen LogP contribution in [-0.4, -0.2) is 75.1 Å². The van der Waals surface area contributed by atoms with Gasteiger partial charge in [-0.1, -0.05) is 24.3 Å². The summed E-state index contributed by atoms with van der Waals surface area (Å²) in [4.78, 5) is 15.2. The Kier molecular flexibility index (Phi) is 5.74. The van der Waals surface area contributed by atoms with Gasteiger partial charge in [0.25, 0.3) is 5.91 Å². The third kappa shape index (κ3) is 4.19. The summed E-state index contributed by atoms with van der Waals surface area (Å²) in [6.45, 7) is 5.99. The Morgan fingerprint density at radius 3 is 2.62 bits per heavy atom. The van der Waals surface area contributed by atoms with Crippen molar-refractivity contribution in [3.63, 3.8) is 0 Å². The Labute approximate surface area is 155 Å². The lowest BCUT2D eigenvalue weighted by Gasteiger charge is -2.41. The minimum atomic E-state index is -0.531. The smallest absolute Gasteiger partial charge is 0.251 e. The summed E-state index contributed by atoms with van der Waals surface area (Å²) in [6, 6.07) is 0. The molecule has 6 heteroatoms. The number of amides is 1. The van der Waals surface area contributed by atoms with E-state index < -0.39 is 6.10 Å². The fourth-order valence-electron chi connectivity index (χ4n) is 4.40. The maximum Gasteiger partial charge on any atom is 0.251 e. The highest BCUT2D eigenvalue weighted by atomic mass is 16.6. The maximum absolute atomic E-state index is 12.7. The topological polar surface area (TPSA) is 60.0 Å². The van der Waals surface area contributed by atoms with Crippen LogP contribution in [-0.2, 0) is 19.0 Å². The molecule has 0 radical (unpaired) electrons. The Balaban J connectivity index is 1.32. The number of nitrogens with zero attached hydrogens (tertiary/aromatic N) is 1. The van der Waals surface area contributed by atoms with Gasteiger partial charge in [-0.2, -0.15) is 0 Å². The average Bonchev–Trinajstić information content (AvgIpc) is 3.19. The number of nitrogens with one attached hydrogen (secondary N) is 1. The molecule has 0 aromatic rings. The van der Waals surface area contributed by atoms with Crippen LogP contribution in [0.5, 0.6) is 0 Å². The molecule has 3 atom stereocenters. The van der Waals surface area contributed by atoms with Crippen LogP contribution < -0.4 is 5.32 Å². The molecule has 0 bridgehead atoms. The second-order valence-corrected chi connectivity index (χ2v) is 7.97. The molecule has 1 N–H and O–H groups in total. The van der Waals surface area contributed by atoms with Gasteiger partial charge in [0.15, 0.2) is 6.10 Å². The number of ether oxygens (including phenoxy) is 3. The van der Waals surface area contributed by atoms with E-state index in [2.05, 4.69) is 10.2 Å². The quantitative estimate of drug-likeness (QED) is 0.798. The summed E-state index contributed by atoms with van der Waals surface area (Å²) >= 11 is 0. The first kappa shape index (κ1) is 18.2. The normalized spacial score (nSPS) is 33.8. The molecule has 3 aliphatic heterocycles. The molecule has 1 aliphatic carbocycles. The van der Waals surface area contributed by atoms with Crippen LogP contribution in [0.3, 0.4) is 0 Å². The van der Waals surface area contributed by atoms with Gasteiger partial charge in [0.2, 0.25) is 0 Å². The van der Waals surface area contributed by atoms with Crippen molar-refractivity contribution in [2.45, 2.75) is 44.0 Å². The second-order valence-electron chi connectivity index (χ2n) is 7.97. The number of hydrogen-bond donors (Lipinski definition) is 1. The van der Waals surface area contributed by atoms with Crippen LogP contribution in [0, 0.1) is 5.41 Å². The molecule has 0 aromatic heterocycles. The summed E-state index contributed by atoms with van der Waals surface area (Å²) in [6.07, 6.45) is 11.7. The monoisotopic (exact) mass is 362 g/mol. The Morgan fingerprint density at radius 2 is 1.85 bits per heavy atom. The van der Waals surface area contributed by atoms with Gasteiger partial charge in [0.05, 0.1) is 6.61 Å². The fraction of sp³-hybridized carbons (Fsp3) is 0.750. The lowest BCUT2D eigenvalue weighted by Crippen LogP contribution is -2.53. The molecule has 0 saturated carbocycles. The van der Waals surface area contributed by atoms with E-state index in [4.69, 9.17) is 14.2 Å². The molecule has 3 fully saturated rings. The van der Waals surface area contributed by atoms with Crippen molar-refractivity contribution in [1.29, 1.82) is 0 Å². The summed E-state index contributed by atoms with van der Waals surface area (Å²) in [5.74, 6) is -0.0568. The lowest BCUT2D eigenvalue weighted by atomic mass is 9.79. The zero-order valence-electron chi connectivity index (χ0n) is 15.4. The van der Waals surface area contributed by atoms with E-state index in [1.165, 1.54) is 25.9 Å². The van der Waals surface area contributed by atoms with Crippen LogP contribution in [0.25, 0.3) is 0 Å². The Bertz CT molecular complexity index is 550. The summed E-state index contributed by atoms with van der Waals surface area (Å²) < 4.78 is 17.3. The molecule has 26 heavy (non-hydrogen) atoms. The molecular weight excluding hydrogens is 332 g/mol. The van der Waals surface area contributed by atoms with Gasteiger partial charge in [-0.25, -0.2) is 0 Å². The summed E-state index contributed by atoms with van der Waals surface area (Å²) in [7, 11) is 0. The van der Waals surface area contributed by atoms with Gasteiger partial charge in [-0.15, -0.1) is 0 Å². The Morgan fingerprint density at radius 1 is 1.12 bits per heavy atom. The number of fused-ring (bicyclic) bond motifs is 1. The van der Waals surface area contributed by atoms with E-state index in [9.17, 15) is 4.79 Å². The van der Waals surface area contributed by atoms with E-state index >= 15 is 0 Å². The number of rotatable bonds is 5. The highest BCUT2D eigenvalue weighted by Gasteiger charge is 2.38. The predicted octanol–water partition coefficient (Wildman–Crippen LogP) is 1.27. The number of allylic oxidation sites excluding steroid dienone is 2. The van der Waals surface area contributed by atoms with Gasteiger partial charge in [-0.05, 0) is 38.8 Å². The van der Waals surface area contributed by atoms with E-state index in [1.807, 2.05) is 24.3 Å². The highest BCUT2D eigenvalue weighted by molar-refractivity contribution is 5.81. The lowest BCUT2D eigenvalue weighted by molar-refractivity contribution is -0.168. The van der Waals surface area contributed by atoms with E-state index in [0.29, 0.717) is 13.2 Å². The third-order valence-electron chi connectivity index (χ3n) is 6.04. The molecule has 4 rings (SSSR count). The number of hydrogen-bond acceptors (Lipinski definition) is 5. The zero-order chi connectivity index (χ0) is 17.8. The van der Waals surface area contributed by atoms with Crippen LogP contribution in [0.4, 0.5) is 0 Å².